The number of hydrogen-bond acceptors (Lipinski definition) is 7. The molecule has 2 heterocycles. The van der Waals surface area contributed by atoms with Crippen LogP contribution in [0.25, 0.3) is 0 Å². The van der Waals surface area contributed by atoms with Crippen LogP contribution in [0.2, 0.25) is 0 Å². The Morgan fingerprint density at radius 3 is 2.28 bits per heavy atom. The van der Waals surface area contributed by atoms with E-state index in [4.69, 9.17) is 9.47 Å². The average Bonchev–Trinajstić information content (AvgIpc) is 3.35. The Morgan fingerprint density at radius 1 is 1.07 bits per heavy atom. The van der Waals surface area contributed by atoms with E-state index in [0.29, 0.717) is 27.0 Å². The monoisotopic (exact) mass is 433 g/mol. The van der Waals surface area contributed by atoms with E-state index in [-0.39, 0.29) is 5.69 Å². The molecule has 0 bridgehead atoms. The summed E-state index contributed by atoms with van der Waals surface area (Å²) in [4.78, 5) is 40.1. The molecule has 29 heavy (non-hydrogen) atoms. The lowest BCUT2D eigenvalue weighted by molar-refractivity contribution is 0.0316. The van der Waals surface area contributed by atoms with Crippen molar-refractivity contribution in [2.75, 3.05) is 18.6 Å². The summed E-state index contributed by atoms with van der Waals surface area (Å²) in [5.41, 5.74) is 3.16. The number of hydrogen-bond donors (Lipinski definition) is 1. The number of carbonyl (C=O) groups is 3. The molecular weight excluding hydrogens is 410 g/mol. The average molecular weight is 434 g/mol. The first-order chi connectivity index (χ1) is 13.8. The number of benzene rings is 1. The van der Waals surface area contributed by atoms with Crippen molar-refractivity contribution >= 4 is 41.2 Å². The zero-order chi connectivity index (χ0) is 21.1. The molecule has 1 aromatic carbocycles. The Labute approximate surface area is 178 Å². The number of carbonyl (C=O) groups excluding carboxylic acids is 3. The fourth-order valence-corrected chi connectivity index (χ4v) is 6.08. The molecule has 1 unspecified atom stereocenters. The number of ether oxygens (including phenoxy) is 2. The molecule has 1 fully saturated rings. The molecule has 1 N–H and O–H groups in total. The van der Waals surface area contributed by atoms with Gasteiger partial charge in [0.05, 0.1) is 28.5 Å². The molecule has 6 nitrogen and oxygen atoms in total. The minimum atomic E-state index is -0.995. The van der Waals surface area contributed by atoms with Crippen molar-refractivity contribution in [2.45, 2.75) is 31.5 Å². The van der Waals surface area contributed by atoms with Gasteiger partial charge in [-0.3, -0.25) is 4.79 Å². The van der Waals surface area contributed by atoms with E-state index in [9.17, 15) is 14.4 Å². The first kappa shape index (κ1) is 21.5. The minimum Gasteiger partial charge on any atom is -0.465 e. The summed E-state index contributed by atoms with van der Waals surface area (Å²) in [6.07, 6.45) is -0.995. The van der Waals surface area contributed by atoms with Crippen LogP contribution in [-0.4, -0.2) is 47.4 Å². The van der Waals surface area contributed by atoms with E-state index in [2.05, 4.69) is 4.98 Å². The van der Waals surface area contributed by atoms with Gasteiger partial charge in [0.1, 0.15) is 0 Å². The number of nitrogens with one attached hydrogen (secondary N) is 1. The zero-order valence-corrected chi connectivity index (χ0v) is 18.4. The number of methoxy groups -OCH3 is 1. The Hall–Kier alpha value is -2.19. The quantitative estimate of drug-likeness (QED) is 0.536. The minimum absolute atomic E-state index is 0.244. The van der Waals surface area contributed by atoms with Crippen LogP contribution in [0.1, 0.15) is 59.5 Å². The Balaban J connectivity index is 1.69. The molecule has 1 aliphatic heterocycles. The van der Waals surface area contributed by atoms with E-state index in [1.54, 1.807) is 26.0 Å². The lowest BCUT2D eigenvalue weighted by Crippen LogP contribution is -2.25. The topological polar surface area (TPSA) is 85.5 Å². The van der Waals surface area contributed by atoms with Gasteiger partial charge in [-0.2, -0.15) is 0 Å². The van der Waals surface area contributed by atoms with Crippen LogP contribution < -0.4 is 0 Å². The Bertz CT molecular complexity index is 929. The molecule has 1 aromatic heterocycles. The second kappa shape index (κ2) is 9.09. The van der Waals surface area contributed by atoms with Crippen molar-refractivity contribution in [1.29, 1.82) is 0 Å². The standard InChI is InChI=1S/C21H23NO5S2/c1-11-16(20(25)26-4)12(2)22-17(11)18(23)13(3)27-19(24)14-5-7-15(8-6-14)21-28-9-10-29-21/h5-8,13,21-22H,9-10H2,1-4H3. The highest BCUT2D eigenvalue weighted by Gasteiger charge is 2.27. The van der Waals surface area contributed by atoms with Gasteiger partial charge in [-0.15, -0.1) is 23.5 Å². The first-order valence-electron chi connectivity index (χ1n) is 9.19. The summed E-state index contributed by atoms with van der Waals surface area (Å²) in [6.45, 7) is 4.87. The van der Waals surface area contributed by atoms with Crippen molar-refractivity contribution in [2.24, 2.45) is 0 Å². The van der Waals surface area contributed by atoms with E-state index in [1.165, 1.54) is 19.6 Å². The number of aromatic amines is 1. The van der Waals surface area contributed by atoms with Crippen LogP contribution >= 0.6 is 23.5 Å². The number of ketones is 1. The predicted octanol–water partition coefficient (Wildman–Crippen LogP) is 4.32. The van der Waals surface area contributed by atoms with Crippen molar-refractivity contribution in [3.8, 4) is 0 Å². The molecule has 1 saturated heterocycles. The van der Waals surface area contributed by atoms with Crippen molar-refractivity contribution in [1.82, 2.24) is 4.98 Å². The summed E-state index contributed by atoms with van der Waals surface area (Å²) < 4.78 is 10.5. The summed E-state index contributed by atoms with van der Waals surface area (Å²) in [6, 6.07) is 7.32. The van der Waals surface area contributed by atoms with Crippen LogP contribution in [0.4, 0.5) is 0 Å². The Morgan fingerprint density at radius 2 is 1.69 bits per heavy atom. The molecule has 0 spiro atoms. The van der Waals surface area contributed by atoms with Crippen LogP contribution in [0.3, 0.4) is 0 Å². The molecule has 8 heteroatoms. The fraction of sp³-hybridized carbons (Fsp3) is 0.381. The normalized spacial score (nSPS) is 15.2. The second-order valence-corrected chi connectivity index (χ2v) is 9.45. The van der Waals surface area contributed by atoms with Crippen molar-refractivity contribution < 1.29 is 23.9 Å². The number of aryl methyl sites for hydroxylation is 1. The number of H-pyrrole nitrogens is 1. The second-order valence-electron chi connectivity index (χ2n) is 6.72. The van der Waals surface area contributed by atoms with Gasteiger partial charge in [0.15, 0.2) is 6.10 Å². The van der Waals surface area contributed by atoms with Crippen molar-refractivity contribution in [3.63, 3.8) is 0 Å². The van der Waals surface area contributed by atoms with Gasteiger partial charge in [0.25, 0.3) is 0 Å². The number of aromatic nitrogens is 1. The van der Waals surface area contributed by atoms with Crippen LogP contribution in [0.5, 0.6) is 0 Å². The summed E-state index contributed by atoms with van der Waals surface area (Å²) in [5.74, 6) is 0.795. The molecule has 3 rings (SSSR count). The largest absolute Gasteiger partial charge is 0.465 e. The highest BCUT2D eigenvalue weighted by atomic mass is 32.2. The molecule has 0 saturated carbocycles. The maximum absolute atomic E-state index is 12.8. The molecule has 154 valence electrons. The third-order valence-electron chi connectivity index (χ3n) is 4.77. The molecule has 1 atom stereocenters. The third kappa shape index (κ3) is 4.53. The molecule has 1 aliphatic rings. The van der Waals surface area contributed by atoms with Gasteiger partial charge in [0.2, 0.25) is 5.78 Å². The van der Waals surface area contributed by atoms with Gasteiger partial charge < -0.3 is 14.5 Å². The van der Waals surface area contributed by atoms with Gasteiger partial charge in [-0.1, -0.05) is 12.1 Å². The maximum Gasteiger partial charge on any atom is 0.339 e. The lowest BCUT2D eigenvalue weighted by Gasteiger charge is -2.13. The molecule has 0 radical (unpaired) electrons. The fourth-order valence-electron chi connectivity index (χ4n) is 3.22. The predicted molar refractivity (Wildman–Crippen MR) is 115 cm³/mol. The summed E-state index contributed by atoms with van der Waals surface area (Å²) in [5, 5.41) is 0. The number of esters is 2. The number of thioether (sulfide) groups is 2. The number of Topliss-reactive ketones (excluding diaryl/α,β-unsaturated/α-hetero) is 1. The van der Waals surface area contributed by atoms with Crippen molar-refractivity contribution in [3.05, 3.63) is 57.9 Å². The highest BCUT2D eigenvalue weighted by molar-refractivity contribution is 8.19. The van der Waals surface area contributed by atoms with Gasteiger partial charge in [0, 0.05) is 17.2 Å². The zero-order valence-electron chi connectivity index (χ0n) is 16.7. The summed E-state index contributed by atoms with van der Waals surface area (Å²) in [7, 11) is 1.29. The van der Waals surface area contributed by atoms with Gasteiger partial charge >= 0.3 is 11.9 Å². The third-order valence-corrected chi connectivity index (χ3v) is 7.87. The number of rotatable bonds is 6. The SMILES string of the molecule is COC(=O)c1c(C)[nH]c(C(=O)C(C)OC(=O)c2ccc(C3SCCS3)cc2)c1C. The van der Waals surface area contributed by atoms with E-state index < -0.39 is 23.8 Å². The van der Waals surface area contributed by atoms with E-state index >= 15 is 0 Å². The highest BCUT2D eigenvalue weighted by Crippen LogP contribution is 2.45. The Kier molecular flexibility index (Phi) is 6.74. The van der Waals surface area contributed by atoms with Crippen LogP contribution in [-0.2, 0) is 9.47 Å². The smallest absolute Gasteiger partial charge is 0.339 e. The van der Waals surface area contributed by atoms with Crippen LogP contribution in [0, 0.1) is 13.8 Å². The van der Waals surface area contributed by atoms with Crippen LogP contribution in [0.15, 0.2) is 24.3 Å². The van der Waals surface area contributed by atoms with E-state index in [0.717, 1.165) is 11.5 Å². The maximum atomic E-state index is 12.8. The van der Waals surface area contributed by atoms with Gasteiger partial charge in [-0.25, -0.2) is 9.59 Å². The van der Waals surface area contributed by atoms with Gasteiger partial charge in [-0.05, 0) is 44.0 Å². The molecular formula is C21H23NO5S2. The summed E-state index contributed by atoms with van der Waals surface area (Å²) >= 11 is 3.79. The lowest BCUT2D eigenvalue weighted by atomic mass is 10.1. The molecule has 0 aliphatic carbocycles. The molecule has 2 aromatic rings. The molecule has 0 amide bonds. The van der Waals surface area contributed by atoms with E-state index in [1.807, 2.05) is 35.7 Å². The first-order valence-corrected chi connectivity index (χ1v) is 11.3.